The van der Waals surface area contributed by atoms with E-state index < -0.39 is 0 Å². The predicted molar refractivity (Wildman–Crippen MR) is 123 cm³/mol. The Morgan fingerprint density at radius 1 is 1.00 bits per heavy atom. The minimum absolute atomic E-state index is 0.120. The lowest BCUT2D eigenvalue weighted by atomic mass is 10.1. The smallest absolute Gasteiger partial charge is 0.252 e. The molecule has 1 N–H and O–H groups in total. The molecule has 0 aliphatic carbocycles. The number of nitrogens with zero attached hydrogens (tertiary/aromatic N) is 4. The number of pyridine rings is 1. The monoisotopic (exact) mass is 413 g/mol. The maximum Gasteiger partial charge on any atom is 0.252 e. The molecule has 0 bridgehead atoms. The van der Waals surface area contributed by atoms with Crippen LogP contribution < -0.4 is 5.32 Å². The van der Waals surface area contributed by atoms with E-state index in [1.807, 2.05) is 61.2 Å². The summed E-state index contributed by atoms with van der Waals surface area (Å²) in [5, 5.41) is 8.37. The average Bonchev–Trinajstić information content (AvgIpc) is 3.19. The van der Waals surface area contributed by atoms with E-state index in [9.17, 15) is 4.79 Å². The van der Waals surface area contributed by atoms with Crippen LogP contribution in [0.3, 0.4) is 0 Å². The highest BCUT2D eigenvalue weighted by molar-refractivity contribution is 5.96. The molecule has 2 heterocycles. The van der Waals surface area contributed by atoms with E-state index >= 15 is 0 Å². The number of likely N-dealkylation sites (N-methyl/N-ethyl adjacent to an activating group) is 1. The molecule has 6 nitrogen and oxygen atoms in total. The summed E-state index contributed by atoms with van der Waals surface area (Å²) in [6, 6.07) is 22.5. The number of carbonyl (C=O) groups is 1. The Bertz CT molecular complexity index is 1140. The van der Waals surface area contributed by atoms with Gasteiger partial charge in [-0.15, -0.1) is 0 Å². The summed E-state index contributed by atoms with van der Waals surface area (Å²) in [5.74, 6) is -0.120. The zero-order valence-electron chi connectivity index (χ0n) is 17.9. The van der Waals surface area contributed by atoms with Crippen molar-refractivity contribution in [2.45, 2.75) is 19.0 Å². The molecule has 4 rings (SSSR count). The second kappa shape index (κ2) is 9.53. The van der Waals surface area contributed by atoms with Gasteiger partial charge in [0.1, 0.15) is 0 Å². The van der Waals surface area contributed by atoms with E-state index in [1.165, 1.54) is 5.56 Å². The number of hydrogen-bond acceptors (Lipinski definition) is 4. The third-order valence-corrected chi connectivity index (χ3v) is 5.46. The van der Waals surface area contributed by atoms with Crippen molar-refractivity contribution < 1.29 is 4.79 Å². The minimum Gasteiger partial charge on any atom is -0.350 e. The molecule has 158 valence electrons. The van der Waals surface area contributed by atoms with Crippen LogP contribution in [0.5, 0.6) is 0 Å². The standard InChI is InChI=1S/C25H27N5O/c1-29(2)23(13-19-9-5-3-6-10-19)17-27-25(31)22-14-21-16-28-30(24(21)26-15-22)18-20-11-7-4-8-12-20/h3-12,14-16,23H,13,17-18H2,1-2H3,(H,27,31). The molecule has 0 aliphatic heterocycles. The third-order valence-electron chi connectivity index (χ3n) is 5.46. The summed E-state index contributed by atoms with van der Waals surface area (Å²) >= 11 is 0. The highest BCUT2D eigenvalue weighted by Gasteiger charge is 2.16. The van der Waals surface area contributed by atoms with Gasteiger partial charge in [-0.05, 0) is 37.7 Å². The summed E-state index contributed by atoms with van der Waals surface area (Å²) in [7, 11) is 4.07. The largest absolute Gasteiger partial charge is 0.350 e. The molecule has 6 heteroatoms. The van der Waals surface area contributed by atoms with Crippen molar-refractivity contribution in [1.82, 2.24) is 25.0 Å². The molecule has 1 atom stereocenters. The van der Waals surface area contributed by atoms with E-state index in [-0.39, 0.29) is 11.9 Å². The number of amides is 1. The van der Waals surface area contributed by atoms with Crippen molar-refractivity contribution in [3.63, 3.8) is 0 Å². The molecule has 0 radical (unpaired) electrons. The highest BCUT2D eigenvalue weighted by Crippen LogP contribution is 2.15. The molecule has 0 fully saturated rings. The van der Waals surface area contributed by atoms with E-state index in [0.717, 1.165) is 23.0 Å². The van der Waals surface area contributed by atoms with Gasteiger partial charge in [0, 0.05) is 24.2 Å². The van der Waals surface area contributed by atoms with Crippen molar-refractivity contribution in [2.75, 3.05) is 20.6 Å². The Morgan fingerprint density at radius 2 is 1.68 bits per heavy atom. The Kier molecular flexibility index (Phi) is 6.38. The summed E-state index contributed by atoms with van der Waals surface area (Å²) in [6.07, 6.45) is 4.26. The lowest BCUT2D eigenvalue weighted by Crippen LogP contribution is -2.41. The molecule has 4 aromatic rings. The number of benzene rings is 2. The first-order valence-corrected chi connectivity index (χ1v) is 10.4. The van der Waals surface area contributed by atoms with E-state index in [1.54, 1.807) is 12.4 Å². The first kappa shape index (κ1) is 20.8. The highest BCUT2D eigenvalue weighted by atomic mass is 16.1. The minimum atomic E-state index is -0.120. The van der Waals surface area contributed by atoms with Crippen LogP contribution in [0.2, 0.25) is 0 Å². The van der Waals surface area contributed by atoms with Gasteiger partial charge in [0.25, 0.3) is 5.91 Å². The third kappa shape index (κ3) is 5.16. The number of nitrogens with one attached hydrogen (secondary N) is 1. The normalized spacial score (nSPS) is 12.2. The fourth-order valence-corrected chi connectivity index (χ4v) is 3.60. The number of carbonyl (C=O) groups excluding carboxylic acids is 1. The van der Waals surface area contributed by atoms with Gasteiger partial charge in [-0.2, -0.15) is 5.10 Å². The molecular weight excluding hydrogens is 386 g/mol. The molecule has 31 heavy (non-hydrogen) atoms. The predicted octanol–water partition coefficient (Wildman–Crippen LogP) is 3.38. The van der Waals surface area contributed by atoms with Gasteiger partial charge in [0.05, 0.1) is 18.3 Å². The average molecular weight is 414 g/mol. The molecule has 2 aromatic heterocycles. The van der Waals surface area contributed by atoms with Crippen molar-refractivity contribution >= 4 is 16.9 Å². The summed E-state index contributed by atoms with van der Waals surface area (Å²) in [4.78, 5) is 19.4. The Labute approximate surface area is 182 Å². The molecule has 0 aliphatic rings. The number of rotatable bonds is 8. The van der Waals surface area contributed by atoms with Crippen LogP contribution in [0.25, 0.3) is 11.0 Å². The second-order valence-electron chi connectivity index (χ2n) is 7.94. The maximum absolute atomic E-state index is 12.8. The first-order valence-electron chi connectivity index (χ1n) is 10.4. The Hall–Kier alpha value is -3.51. The zero-order chi connectivity index (χ0) is 21.6. The number of fused-ring (bicyclic) bond motifs is 1. The van der Waals surface area contributed by atoms with Crippen molar-refractivity contribution in [2.24, 2.45) is 0 Å². The molecule has 1 unspecified atom stereocenters. The lowest BCUT2D eigenvalue weighted by Gasteiger charge is -2.24. The summed E-state index contributed by atoms with van der Waals surface area (Å²) in [6.45, 7) is 1.21. The topological polar surface area (TPSA) is 63.1 Å². The van der Waals surface area contributed by atoms with Gasteiger partial charge in [0.15, 0.2) is 5.65 Å². The maximum atomic E-state index is 12.8. The SMILES string of the molecule is CN(C)C(CNC(=O)c1cnc2c(cnn2Cc2ccccc2)c1)Cc1ccccc1. The van der Waals surface area contributed by atoms with Gasteiger partial charge in [-0.3, -0.25) is 4.79 Å². The van der Waals surface area contributed by atoms with Gasteiger partial charge >= 0.3 is 0 Å². The van der Waals surface area contributed by atoms with E-state index in [0.29, 0.717) is 18.7 Å². The van der Waals surface area contributed by atoms with Crippen LogP contribution in [0.4, 0.5) is 0 Å². The second-order valence-corrected chi connectivity index (χ2v) is 7.94. The zero-order valence-corrected chi connectivity index (χ0v) is 17.9. The molecular formula is C25H27N5O. The quantitative estimate of drug-likeness (QED) is 0.481. The van der Waals surface area contributed by atoms with Gasteiger partial charge in [-0.25, -0.2) is 9.67 Å². The summed E-state index contributed by atoms with van der Waals surface area (Å²) in [5.41, 5.74) is 3.73. The van der Waals surface area contributed by atoms with Crippen LogP contribution in [0, 0.1) is 0 Å². The van der Waals surface area contributed by atoms with E-state index in [2.05, 4.69) is 44.6 Å². The summed E-state index contributed by atoms with van der Waals surface area (Å²) < 4.78 is 1.86. The van der Waals surface area contributed by atoms with Crippen LogP contribution in [-0.4, -0.2) is 52.3 Å². The van der Waals surface area contributed by atoms with Crippen LogP contribution in [0.15, 0.2) is 79.1 Å². The van der Waals surface area contributed by atoms with Crippen molar-refractivity contribution in [1.29, 1.82) is 0 Å². The first-order chi connectivity index (χ1) is 15.1. The van der Waals surface area contributed by atoms with Crippen LogP contribution >= 0.6 is 0 Å². The molecule has 0 saturated heterocycles. The van der Waals surface area contributed by atoms with Crippen LogP contribution in [-0.2, 0) is 13.0 Å². The van der Waals surface area contributed by atoms with Crippen LogP contribution in [0.1, 0.15) is 21.5 Å². The molecule has 2 aromatic carbocycles. The van der Waals surface area contributed by atoms with Crippen molar-refractivity contribution in [3.8, 4) is 0 Å². The molecule has 0 spiro atoms. The lowest BCUT2D eigenvalue weighted by molar-refractivity contribution is 0.0941. The number of aromatic nitrogens is 3. The fourth-order valence-electron chi connectivity index (χ4n) is 3.60. The fraction of sp³-hybridized carbons (Fsp3) is 0.240. The molecule has 1 amide bonds. The van der Waals surface area contributed by atoms with Gasteiger partial charge in [-0.1, -0.05) is 60.7 Å². The molecule has 0 saturated carbocycles. The Morgan fingerprint density at radius 3 is 2.35 bits per heavy atom. The number of hydrogen-bond donors (Lipinski definition) is 1. The van der Waals surface area contributed by atoms with E-state index in [4.69, 9.17) is 0 Å². The van der Waals surface area contributed by atoms with Gasteiger partial charge < -0.3 is 10.2 Å². The Balaban J connectivity index is 1.42. The van der Waals surface area contributed by atoms with Gasteiger partial charge in [0.2, 0.25) is 0 Å². The van der Waals surface area contributed by atoms with Crippen molar-refractivity contribution in [3.05, 3.63) is 95.8 Å².